The molecule has 3 aromatic rings. The summed E-state index contributed by atoms with van der Waals surface area (Å²) in [5.41, 5.74) is 2.36. The van der Waals surface area contributed by atoms with Gasteiger partial charge in [-0.3, -0.25) is 9.59 Å². The molecule has 0 aliphatic carbocycles. The van der Waals surface area contributed by atoms with Gasteiger partial charge in [0.1, 0.15) is 5.56 Å². The van der Waals surface area contributed by atoms with E-state index >= 15 is 0 Å². The zero-order chi connectivity index (χ0) is 17.7. The van der Waals surface area contributed by atoms with Gasteiger partial charge in [0.2, 0.25) is 0 Å². The first-order valence-electron chi connectivity index (χ1n) is 7.49. The average molecular weight is 336 g/mol. The van der Waals surface area contributed by atoms with Crippen LogP contribution < -0.4 is 0 Å². The monoisotopic (exact) mass is 336 g/mol. The number of imide groups is 1. The Morgan fingerprint density at radius 2 is 1.72 bits per heavy atom. The van der Waals surface area contributed by atoms with E-state index in [2.05, 4.69) is 10.1 Å². The fraction of sp³-hybridized carbons (Fsp3) is 0.118. The minimum Gasteiger partial charge on any atom is -0.324 e. The van der Waals surface area contributed by atoms with E-state index in [9.17, 15) is 14.4 Å². The van der Waals surface area contributed by atoms with Crippen molar-refractivity contribution in [3.8, 4) is 0 Å². The molecule has 1 aliphatic rings. The number of aryl methyl sites for hydroxylation is 2. The number of amides is 2. The molecule has 0 fully saturated rings. The van der Waals surface area contributed by atoms with Gasteiger partial charge in [0.05, 0.1) is 22.5 Å². The molecule has 2 aromatic heterocycles. The van der Waals surface area contributed by atoms with Gasteiger partial charge in [0, 0.05) is 12.3 Å². The van der Waals surface area contributed by atoms with Gasteiger partial charge in [-0.1, -0.05) is 17.2 Å². The number of nitrogens with zero attached hydrogens (tertiary/aromatic N) is 4. The zero-order valence-electron chi connectivity index (χ0n) is 13.4. The van der Waals surface area contributed by atoms with Gasteiger partial charge in [0.25, 0.3) is 11.8 Å². The summed E-state index contributed by atoms with van der Waals surface area (Å²) in [6, 6.07) is 8.06. The van der Waals surface area contributed by atoms with E-state index in [1.165, 1.54) is 22.8 Å². The van der Waals surface area contributed by atoms with Crippen LogP contribution in [-0.2, 0) is 4.84 Å². The maximum absolute atomic E-state index is 12.5. The summed E-state index contributed by atoms with van der Waals surface area (Å²) < 4.78 is 1.51. The Bertz CT molecular complexity index is 1030. The van der Waals surface area contributed by atoms with Gasteiger partial charge in [-0.15, -0.1) is 0 Å². The summed E-state index contributed by atoms with van der Waals surface area (Å²) >= 11 is 0. The number of aromatic nitrogens is 3. The van der Waals surface area contributed by atoms with Crippen LogP contribution in [0.4, 0.5) is 0 Å². The lowest BCUT2D eigenvalue weighted by Gasteiger charge is -2.13. The lowest BCUT2D eigenvalue weighted by Crippen LogP contribution is -2.33. The normalized spacial score (nSPS) is 13.4. The number of carbonyl (C=O) groups excluding carboxylic acids is 3. The molecule has 0 N–H and O–H groups in total. The molecule has 8 nitrogen and oxygen atoms in total. The van der Waals surface area contributed by atoms with Crippen LogP contribution in [0.15, 0.2) is 36.5 Å². The zero-order valence-corrected chi connectivity index (χ0v) is 13.4. The average Bonchev–Trinajstić information content (AvgIpc) is 3.09. The Hall–Kier alpha value is -3.55. The van der Waals surface area contributed by atoms with E-state index in [4.69, 9.17) is 4.84 Å². The third-order valence-corrected chi connectivity index (χ3v) is 4.00. The Morgan fingerprint density at radius 3 is 2.36 bits per heavy atom. The molecule has 0 saturated carbocycles. The van der Waals surface area contributed by atoms with Crippen molar-refractivity contribution in [1.82, 2.24) is 19.7 Å². The van der Waals surface area contributed by atoms with Crippen molar-refractivity contribution in [2.24, 2.45) is 0 Å². The van der Waals surface area contributed by atoms with Gasteiger partial charge in [-0.25, -0.2) is 14.3 Å². The second-order valence-corrected chi connectivity index (χ2v) is 5.64. The molecule has 2 amide bonds. The molecule has 0 bridgehead atoms. The maximum atomic E-state index is 12.5. The van der Waals surface area contributed by atoms with Crippen molar-refractivity contribution in [2.45, 2.75) is 13.8 Å². The van der Waals surface area contributed by atoms with Crippen molar-refractivity contribution in [3.63, 3.8) is 0 Å². The van der Waals surface area contributed by atoms with Crippen LogP contribution in [0, 0.1) is 13.8 Å². The van der Waals surface area contributed by atoms with E-state index < -0.39 is 17.8 Å². The van der Waals surface area contributed by atoms with E-state index in [0.717, 1.165) is 5.69 Å². The number of rotatable bonds is 2. The molecular weight excluding hydrogens is 324 g/mol. The summed E-state index contributed by atoms with van der Waals surface area (Å²) in [5, 5.41) is 4.73. The van der Waals surface area contributed by atoms with Gasteiger partial charge >= 0.3 is 5.97 Å². The number of hydrogen-bond donors (Lipinski definition) is 0. The molecule has 8 heteroatoms. The van der Waals surface area contributed by atoms with Crippen LogP contribution in [0.2, 0.25) is 0 Å². The lowest BCUT2D eigenvalue weighted by atomic mass is 10.1. The van der Waals surface area contributed by atoms with E-state index in [1.807, 2.05) is 6.92 Å². The summed E-state index contributed by atoms with van der Waals surface area (Å²) in [6.07, 6.45) is 1.34. The first kappa shape index (κ1) is 15.0. The number of carbonyl (C=O) groups is 3. The van der Waals surface area contributed by atoms with Crippen molar-refractivity contribution in [1.29, 1.82) is 0 Å². The summed E-state index contributed by atoms with van der Waals surface area (Å²) in [6.45, 7) is 3.49. The highest BCUT2D eigenvalue weighted by molar-refractivity contribution is 6.21. The highest BCUT2D eigenvalue weighted by Gasteiger charge is 2.39. The second kappa shape index (κ2) is 5.23. The lowest BCUT2D eigenvalue weighted by molar-refractivity contribution is -0.0585. The van der Waals surface area contributed by atoms with Gasteiger partial charge in [-0.2, -0.15) is 5.10 Å². The van der Waals surface area contributed by atoms with Crippen molar-refractivity contribution < 1.29 is 19.2 Å². The predicted molar refractivity (Wildman–Crippen MR) is 84.8 cm³/mol. The third-order valence-electron chi connectivity index (χ3n) is 4.00. The standard InChI is InChI=1S/C17H12N4O4/c1-9-7-14-18-8-13(10(2)20(14)19-9)17(24)25-21-15(22)11-5-3-4-6-12(11)16(21)23/h3-8H,1-2H3. The minimum atomic E-state index is -0.852. The Balaban J connectivity index is 1.66. The van der Waals surface area contributed by atoms with E-state index in [-0.39, 0.29) is 16.7 Å². The molecule has 0 spiro atoms. The van der Waals surface area contributed by atoms with Gasteiger partial charge in [0.15, 0.2) is 5.65 Å². The molecule has 1 aliphatic heterocycles. The molecule has 4 rings (SSSR count). The van der Waals surface area contributed by atoms with Crippen LogP contribution in [0.1, 0.15) is 42.5 Å². The van der Waals surface area contributed by atoms with Gasteiger partial charge < -0.3 is 4.84 Å². The second-order valence-electron chi connectivity index (χ2n) is 5.64. The molecule has 1 aromatic carbocycles. The predicted octanol–water partition coefficient (Wildman–Crippen LogP) is 1.71. The van der Waals surface area contributed by atoms with E-state index in [1.54, 1.807) is 25.1 Å². The number of benzene rings is 1. The van der Waals surface area contributed by atoms with Crippen LogP contribution in [0.3, 0.4) is 0 Å². The summed E-state index contributed by atoms with van der Waals surface area (Å²) in [5.74, 6) is -2.19. The van der Waals surface area contributed by atoms with Gasteiger partial charge in [-0.05, 0) is 26.0 Å². The first-order valence-corrected chi connectivity index (χ1v) is 7.49. The minimum absolute atomic E-state index is 0.118. The fourth-order valence-corrected chi connectivity index (χ4v) is 2.75. The smallest absolute Gasteiger partial charge is 0.324 e. The van der Waals surface area contributed by atoms with Crippen LogP contribution in [0.5, 0.6) is 0 Å². The Kier molecular flexibility index (Phi) is 3.14. The SMILES string of the molecule is Cc1cc2ncc(C(=O)ON3C(=O)c4ccccc4C3=O)c(C)n2n1. The van der Waals surface area contributed by atoms with E-state index in [0.29, 0.717) is 16.4 Å². The summed E-state index contributed by atoms with van der Waals surface area (Å²) in [4.78, 5) is 46.2. The summed E-state index contributed by atoms with van der Waals surface area (Å²) in [7, 11) is 0. The van der Waals surface area contributed by atoms with Crippen molar-refractivity contribution in [3.05, 3.63) is 64.6 Å². The van der Waals surface area contributed by atoms with Crippen LogP contribution in [0.25, 0.3) is 5.65 Å². The molecule has 124 valence electrons. The molecule has 3 heterocycles. The Labute approximate surface area is 141 Å². The van der Waals surface area contributed by atoms with Crippen molar-refractivity contribution >= 4 is 23.4 Å². The van der Waals surface area contributed by atoms with Crippen LogP contribution in [-0.4, -0.2) is 37.4 Å². The number of hydrogen-bond acceptors (Lipinski definition) is 6. The quantitative estimate of drug-likeness (QED) is 0.661. The number of fused-ring (bicyclic) bond motifs is 2. The maximum Gasteiger partial charge on any atom is 0.367 e. The molecule has 0 saturated heterocycles. The molecule has 0 radical (unpaired) electrons. The largest absolute Gasteiger partial charge is 0.367 e. The molecule has 0 atom stereocenters. The van der Waals surface area contributed by atoms with Crippen molar-refractivity contribution in [2.75, 3.05) is 0 Å². The topological polar surface area (TPSA) is 93.9 Å². The third kappa shape index (κ3) is 2.18. The highest BCUT2D eigenvalue weighted by atomic mass is 16.7. The first-order chi connectivity index (χ1) is 12.0. The van der Waals surface area contributed by atoms with Crippen LogP contribution >= 0.6 is 0 Å². The molecule has 0 unspecified atom stereocenters. The highest BCUT2D eigenvalue weighted by Crippen LogP contribution is 2.23. The fourth-order valence-electron chi connectivity index (χ4n) is 2.75. The molecular formula is C17H12N4O4. The number of hydroxylamine groups is 2. The Morgan fingerprint density at radius 1 is 1.08 bits per heavy atom. The molecule has 25 heavy (non-hydrogen) atoms.